The van der Waals surface area contributed by atoms with Crippen molar-refractivity contribution in [2.45, 2.75) is 38.6 Å². The zero-order valence-electron chi connectivity index (χ0n) is 11.3. The largest absolute Gasteiger partial charge is 0.336 e. The molecular formula is C15H24N2O. The number of nitrogens with one attached hydrogen (secondary N) is 1. The monoisotopic (exact) mass is 248 g/mol. The first-order valence-electron chi connectivity index (χ1n) is 7.12. The van der Waals surface area contributed by atoms with Crippen LogP contribution in [0.5, 0.6) is 0 Å². The maximum absolute atomic E-state index is 12.2. The minimum atomic E-state index is 0.182. The fourth-order valence-electron chi connectivity index (χ4n) is 2.51. The van der Waals surface area contributed by atoms with Gasteiger partial charge in [0, 0.05) is 18.7 Å². The average molecular weight is 248 g/mol. The summed E-state index contributed by atoms with van der Waals surface area (Å²) in [7, 11) is 0. The van der Waals surface area contributed by atoms with Crippen LogP contribution in [0, 0.1) is 5.92 Å². The van der Waals surface area contributed by atoms with Crippen molar-refractivity contribution in [1.82, 2.24) is 10.2 Å². The van der Waals surface area contributed by atoms with Gasteiger partial charge in [0.05, 0.1) is 0 Å². The van der Waals surface area contributed by atoms with Gasteiger partial charge in [0.25, 0.3) is 0 Å². The molecule has 1 N–H and O–H groups in total. The van der Waals surface area contributed by atoms with Gasteiger partial charge >= 0.3 is 0 Å². The van der Waals surface area contributed by atoms with E-state index in [-0.39, 0.29) is 5.91 Å². The summed E-state index contributed by atoms with van der Waals surface area (Å²) in [6, 6.07) is 0.509. The highest BCUT2D eigenvalue weighted by molar-refractivity contribution is 5.88. The van der Waals surface area contributed by atoms with Crippen LogP contribution in [0.1, 0.15) is 32.6 Å². The van der Waals surface area contributed by atoms with E-state index < -0.39 is 0 Å². The van der Waals surface area contributed by atoms with Crippen LogP contribution in [-0.4, -0.2) is 36.5 Å². The van der Waals surface area contributed by atoms with Gasteiger partial charge in [-0.2, -0.15) is 0 Å². The lowest BCUT2D eigenvalue weighted by molar-refractivity contribution is -0.127. The molecule has 2 fully saturated rings. The smallest absolute Gasteiger partial charge is 0.246 e. The van der Waals surface area contributed by atoms with Crippen LogP contribution in [0.3, 0.4) is 0 Å². The Morgan fingerprint density at radius 3 is 2.78 bits per heavy atom. The Bertz CT molecular complexity index is 325. The molecule has 1 saturated carbocycles. The minimum Gasteiger partial charge on any atom is -0.336 e. The van der Waals surface area contributed by atoms with Crippen molar-refractivity contribution in [2.24, 2.45) is 5.92 Å². The molecule has 0 radical (unpaired) electrons. The number of hydrogen-bond donors (Lipinski definition) is 1. The summed E-state index contributed by atoms with van der Waals surface area (Å²) in [6.07, 6.45) is 12.3. The SMILES string of the molecule is CC=CC=CC(=O)N(CC1CCCNC1)C1CC1. The van der Waals surface area contributed by atoms with Crippen molar-refractivity contribution in [2.75, 3.05) is 19.6 Å². The van der Waals surface area contributed by atoms with Crippen molar-refractivity contribution in [3.05, 3.63) is 24.3 Å². The highest BCUT2D eigenvalue weighted by Gasteiger charge is 2.33. The van der Waals surface area contributed by atoms with Crippen LogP contribution in [0.4, 0.5) is 0 Å². The molecule has 1 aliphatic carbocycles. The third-order valence-electron chi connectivity index (χ3n) is 3.67. The van der Waals surface area contributed by atoms with Crippen LogP contribution < -0.4 is 5.32 Å². The Kier molecular flexibility index (Phi) is 5.00. The van der Waals surface area contributed by atoms with Crippen LogP contribution in [-0.2, 0) is 4.79 Å². The standard InChI is InChI=1S/C15H24N2O/c1-2-3-4-7-15(18)17(14-8-9-14)12-13-6-5-10-16-11-13/h2-4,7,13-14,16H,5-6,8-12H2,1H3. The van der Waals surface area contributed by atoms with Gasteiger partial charge in [-0.25, -0.2) is 0 Å². The van der Waals surface area contributed by atoms with Crippen LogP contribution >= 0.6 is 0 Å². The maximum atomic E-state index is 12.2. The summed E-state index contributed by atoms with van der Waals surface area (Å²) in [5, 5.41) is 3.42. The van der Waals surface area contributed by atoms with Crippen molar-refractivity contribution >= 4 is 5.91 Å². The summed E-state index contributed by atoms with van der Waals surface area (Å²) in [5.41, 5.74) is 0. The quantitative estimate of drug-likeness (QED) is 0.597. The first kappa shape index (κ1) is 13.3. The lowest BCUT2D eigenvalue weighted by atomic mass is 9.99. The van der Waals surface area contributed by atoms with Crippen LogP contribution in [0.2, 0.25) is 0 Å². The summed E-state index contributed by atoms with van der Waals surface area (Å²) < 4.78 is 0. The molecule has 1 unspecified atom stereocenters. The van der Waals surface area contributed by atoms with Gasteiger partial charge in [0.1, 0.15) is 0 Å². The number of rotatable bonds is 5. The van der Waals surface area contributed by atoms with E-state index in [0.29, 0.717) is 12.0 Å². The molecule has 0 bridgehead atoms. The zero-order valence-corrected chi connectivity index (χ0v) is 11.3. The zero-order chi connectivity index (χ0) is 12.8. The highest BCUT2D eigenvalue weighted by Crippen LogP contribution is 2.28. The summed E-state index contributed by atoms with van der Waals surface area (Å²) in [5.74, 6) is 0.819. The maximum Gasteiger partial charge on any atom is 0.246 e. The first-order valence-corrected chi connectivity index (χ1v) is 7.12. The van der Waals surface area contributed by atoms with E-state index in [2.05, 4.69) is 10.2 Å². The Hall–Kier alpha value is -1.09. The van der Waals surface area contributed by atoms with E-state index in [4.69, 9.17) is 0 Å². The Morgan fingerprint density at radius 1 is 1.33 bits per heavy atom. The van der Waals surface area contributed by atoms with Gasteiger partial charge in [-0.05, 0) is 51.6 Å². The number of piperidine rings is 1. The summed E-state index contributed by atoms with van der Waals surface area (Å²) in [4.78, 5) is 14.2. The van der Waals surface area contributed by atoms with E-state index in [0.717, 1.165) is 19.6 Å². The van der Waals surface area contributed by atoms with Crippen molar-refractivity contribution in [3.8, 4) is 0 Å². The van der Waals surface area contributed by atoms with E-state index in [1.165, 1.54) is 25.7 Å². The highest BCUT2D eigenvalue weighted by atomic mass is 16.2. The average Bonchev–Trinajstić information content (AvgIpc) is 3.21. The van der Waals surface area contributed by atoms with E-state index in [1.54, 1.807) is 6.08 Å². The Morgan fingerprint density at radius 2 is 2.17 bits per heavy atom. The molecule has 2 rings (SSSR count). The second kappa shape index (κ2) is 6.74. The van der Waals surface area contributed by atoms with Crippen LogP contribution in [0.25, 0.3) is 0 Å². The summed E-state index contributed by atoms with van der Waals surface area (Å²) >= 11 is 0. The first-order chi connectivity index (χ1) is 8.81. The predicted molar refractivity (Wildman–Crippen MR) is 74.3 cm³/mol. The molecule has 100 valence electrons. The molecule has 1 amide bonds. The molecule has 0 aromatic carbocycles. The fourth-order valence-corrected chi connectivity index (χ4v) is 2.51. The van der Waals surface area contributed by atoms with Gasteiger partial charge < -0.3 is 10.2 Å². The normalized spacial score (nSPS) is 24.8. The van der Waals surface area contributed by atoms with Gasteiger partial charge in [0.2, 0.25) is 5.91 Å². The number of allylic oxidation sites excluding steroid dienone is 3. The van der Waals surface area contributed by atoms with E-state index in [9.17, 15) is 4.79 Å². The van der Waals surface area contributed by atoms with Gasteiger partial charge in [-0.1, -0.05) is 18.2 Å². The van der Waals surface area contributed by atoms with Crippen molar-refractivity contribution < 1.29 is 4.79 Å². The molecule has 1 aliphatic heterocycles. The minimum absolute atomic E-state index is 0.182. The second-order valence-electron chi connectivity index (χ2n) is 5.32. The van der Waals surface area contributed by atoms with E-state index >= 15 is 0 Å². The Balaban J connectivity index is 1.88. The molecule has 1 heterocycles. The van der Waals surface area contributed by atoms with Crippen molar-refractivity contribution in [1.29, 1.82) is 0 Å². The van der Waals surface area contributed by atoms with Gasteiger partial charge in [-0.3, -0.25) is 4.79 Å². The molecule has 1 saturated heterocycles. The lowest BCUT2D eigenvalue weighted by Gasteiger charge is -2.29. The molecular weight excluding hydrogens is 224 g/mol. The number of nitrogens with zero attached hydrogens (tertiary/aromatic N) is 1. The molecule has 0 aromatic heterocycles. The molecule has 3 heteroatoms. The van der Waals surface area contributed by atoms with E-state index in [1.807, 2.05) is 25.2 Å². The lowest BCUT2D eigenvalue weighted by Crippen LogP contribution is -2.41. The van der Waals surface area contributed by atoms with Crippen molar-refractivity contribution in [3.63, 3.8) is 0 Å². The number of carbonyl (C=O) groups excluding carboxylic acids is 1. The predicted octanol–water partition coefficient (Wildman–Crippen LogP) is 2.11. The molecule has 3 nitrogen and oxygen atoms in total. The second-order valence-corrected chi connectivity index (χ2v) is 5.32. The molecule has 18 heavy (non-hydrogen) atoms. The summed E-state index contributed by atoms with van der Waals surface area (Å²) in [6.45, 7) is 5.09. The van der Waals surface area contributed by atoms with Gasteiger partial charge in [0.15, 0.2) is 0 Å². The number of amides is 1. The number of carbonyl (C=O) groups is 1. The molecule has 0 aromatic rings. The third-order valence-corrected chi connectivity index (χ3v) is 3.67. The molecule has 0 spiro atoms. The fraction of sp³-hybridized carbons (Fsp3) is 0.667. The topological polar surface area (TPSA) is 32.3 Å². The number of hydrogen-bond acceptors (Lipinski definition) is 2. The molecule has 1 atom stereocenters. The van der Waals surface area contributed by atoms with Crippen LogP contribution in [0.15, 0.2) is 24.3 Å². The third kappa shape index (κ3) is 3.98. The molecule has 2 aliphatic rings. The van der Waals surface area contributed by atoms with Gasteiger partial charge in [-0.15, -0.1) is 0 Å². The Labute approximate surface area is 110 Å².